The van der Waals surface area contributed by atoms with Crippen LogP contribution in [0.5, 0.6) is 0 Å². The third-order valence-corrected chi connectivity index (χ3v) is 19.6. The van der Waals surface area contributed by atoms with Crippen LogP contribution >= 0.6 is 15.6 Å². The SMILES string of the molecule is CCCCCCCCCCCCC(=O)OC[C@H](COP(=O)(O)OC[C@H](O)COP(=O)(O)OC[C@@H](COC(=O)CCCCCCCCCCCCCCCC(C)C)OC(=O)CCCCCCCCCCCCCCCCCC(C)C)OC(=O)CCCCCCCCC(C)CC. The molecule has 0 aliphatic rings. The Hall–Kier alpha value is -1.94. The average molecular weight is 1380 g/mol. The minimum atomic E-state index is -4.96. The van der Waals surface area contributed by atoms with Crippen LogP contribution in [0.1, 0.15) is 382 Å². The maximum absolute atomic E-state index is 13.1. The van der Waals surface area contributed by atoms with Crippen molar-refractivity contribution in [2.45, 2.75) is 401 Å². The van der Waals surface area contributed by atoms with E-state index in [0.29, 0.717) is 25.7 Å². The number of hydrogen-bond donors (Lipinski definition) is 3. The highest BCUT2D eigenvalue weighted by atomic mass is 31.2. The number of esters is 4. The smallest absolute Gasteiger partial charge is 0.462 e. The van der Waals surface area contributed by atoms with Gasteiger partial charge in [0, 0.05) is 25.7 Å². The first-order valence-electron chi connectivity index (χ1n) is 38.9. The summed E-state index contributed by atoms with van der Waals surface area (Å²) in [4.78, 5) is 72.7. The van der Waals surface area contributed by atoms with Crippen molar-refractivity contribution in [3.8, 4) is 0 Å². The molecule has 0 spiro atoms. The molecule has 0 aromatic carbocycles. The molecule has 0 saturated heterocycles. The molecule has 0 saturated carbocycles. The molecule has 0 fully saturated rings. The van der Waals surface area contributed by atoms with Crippen molar-refractivity contribution in [1.82, 2.24) is 0 Å². The lowest BCUT2D eigenvalue weighted by Crippen LogP contribution is -2.30. The number of carbonyl (C=O) groups is 4. The molecular formula is C75H146O17P2. The molecule has 558 valence electrons. The predicted octanol–water partition coefficient (Wildman–Crippen LogP) is 21.8. The van der Waals surface area contributed by atoms with Crippen molar-refractivity contribution in [1.29, 1.82) is 0 Å². The normalized spacial score (nSPS) is 14.4. The van der Waals surface area contributed by atoms with Gasteiger partial charge in [0.1, 0.15) is 19.3 Å². The first-order chi connectivity index (χ1) is 45.3. The third kappa shape index (κ3) is 67.3. The van der Waals surface area contributed by atoms with Crippen LogP contribution < -0.4 is 0 Å². The quantitative estimate of drug-likeness (QED) is 0.0222. The first kappa shape index (κ1) is 92.1. The molecule has 0 heterocycles. The third-order valence-electron chi connectivity index (χ3n) is 17.7. The van der Waals surface area contributed by atoms with Gasteiger partial charge in [-0.25, -0.2) is 9.13 Å². The second-order valence-corrected chi connectivity index (χ2v) is 31.1. The summed E-state index contributed by atoms with van der Waals surface area (Å²) in [6.07, 6.45) is 51.4. The van der Waals surface area contributed by atoms with Crippen LogP contribution in [0.2, 0.25) is 0 Å². The van der Waals surface area contributed by atoms with E-state index in [-0.39, 0.29) is 25.7 Å². The zero-order valence-corrected chi connectivity index (χ0v) is 63.2. The van der Waals surface area contributed by atoms with Crippen LogP contribution in [0.4, 0.5) is 0 Å². The maximum Gasteiger partial charge on any atom is 0.472 e. The van der Waals surface area contributed by atoms with Crippen LogP contribution in [0, 0.1) is 17.8 Å². The van der Waals surface area contributed by atoms with Gasteiger partial charge < -0.3 is 33.8 Å². The zero-order chi connectivity index (χ0) is 69.4. The van der Waals surface area contributed by atoms with Crippen LogP contribution in [0.25, 0.3) is 0 Å². The van der Waals surface area contributed by atoms with Crippen molar-refractivity contribution >= 4 is 39.5 Å². The second-order valence-electron chi connectivity index (χ2n) is 28.2. The number of unbranched alkanes of at least 4 members (excludes halogenated alkanes) is 40. The highest BCUT2D eigenvalue weighted by molar-refractivity contribution is 7.47. The molecular weight excluding hydrogens is 1230 g/mol. The van der Waals surface area contributed by atoms with Gasteiger partial charge in [-0.2, -0.15) is 0 Å². The summed E-state index contributed by atoms with van der Waals surface area (Å²) in [5.74, 6) is 0.192. The van der Waals surface area contributed by atoms with Crippen LogP contribution in [-0.4, -0.2) is 96.7 Å². The number of aliphatic hydroxyl groups excluding tert-OH is 1. The fourth-order valence-electron chi connectivity index (χ4n) is 11.4. The van der Waals surface area contributed by atoms with Gasteiger partial charge in [0.15, 0.2) is 12.2 Å². The standard InChI is InChI=1S/C75H146O17P2/c1-8-10-11-12-13-14-29-34-42-49-56-72(77)86-63-71(92-75(80)59-52-45-38-37-41-48-55-68(7)9-2)65-90-94(83,84)88-61-69(76)60-87-93(81,82)89-64-70(62-85-73(78)57-50-43-35-30-25-22-18-20-24-28-33-40-47-54-67(5)6)91-74(79)58-51-44-36-31-26-21-17-15-16-19-23-27-32-39-46-53-66(3)4/h66-71,76H,8-65H2,1-7H3,(H,81,82)(H,83,84)/t68?,69-,70-,71-/m1/s1. The van der Waals surface area contributed by atoms with Crippen LogP contribution in [0.3, 0.4) is 0 Å². The van der Waals surface area contributed by atoms with E-state index in [2.05, 4.69) is 48.5 Å². The van der Waals surface area contributed by atoms with Crippen molar-refractivity contribution in [2.24, 2.45) is 17.8 Å². The summed E-state index contributed by atoms with van der Waals surface area (Å²) in [5, 5.41) is 10.6. The molecule has 0 rings (SSSR count). The van der Waals surface area contributed by atoms with Gasteiger partial charge >= 0.3 is 39.5 Å². The number of hydrogen-bond acceptors (Lipinski definition) is 15. The van der Waals surface area contributed by atoms with Gasteiger partial charge in [0.05, 0.1) is 26.4 Å². The number of phosphoric ester groups is 2. The Bertz CT molecular complexity index is 1840. The molecule has 0 aliphatic carbocycles. The van der Waals surface area contributed by atoms with Gasteiger partial charge in [-0.1, -0.05) is 331 Å². The van der Waals surface area contributed by atoms with Crippen molar-refractivity contribution < 1.29 is 80.2 Å². The Morgan fingerprint density at radius 2 is 0.543 bits per heavy atom. The minimum absolute atomic E-state index is 0.103. The molecule has 0 aromatic heterocycles. The minimum Gasteiger partial charge on any atom is -0.462 e. The van der Waals surface area contributed by atoms with Crippen LogP contribution in [-0.2, 0) is 65.4 Å². The van der Waals surface area contributed by atoms with E-state index in [1.807, 2.05) is 0 Å². The van der Waals surface area contributed by atoms with Gasteiger partial charge in [-0.15, -0.1) is 0 Å². The Labute approximate surface area is 575 Å². The predicted molar refractivity (Wildman–Crippen MR) is 381 cm³/mol. The molecule has 0 bridgehead atoms. The Kier molecular flexibility index (Phi) is 64.3. The van der Waals surface area contributed by atoms with E-state index in [1.165, 1.54) is 193 Å². The Morgan fingerprint density at radius 3 is 0.809 bits per heavy atom. The largest absolute Gasteiger partial charge is 0.472 e. The molecule has 6 atom stereocenters. The fraction of sp³-hybridized carbons (Fsp3) is 0.947. The van der Waals surface area contributed by atoms with Crippen molar-refractivity contribution in [3.63, 3.8) is 0 Å². The number of carbonyl (C=O) groups excluding carboxylic acids is 4. The highest BCUT2D eigenvalue weighted by Crippen LogP contribution is 2.45. The zero-order valence-electron chi connectivity index (χ0n) is 61.4. The molecule has 0 aromatic rings. The summed E-state index contributed by atoms with van der Waals surface area (Å²) >= 11 is 0. The van der Waals surface area contributed by atoms with E-state index in [9.17, 15) is 43.2 Å². The monoisotopic (exact) mass is 1380 g/mol. The van der Waals surface area contributed by atoms with Gasteiger partial charge in [0.2, 0.25) is 0 Å². The number of ether oxygens (including phenoxy) is 4. The summed E-state index contributed by atoms with van der Waals surface area (Å²) in [7, 11) is -9.91. The van der Waals surface area contributed by atoms with Gasteiger partial charge in [0.25, 0.3) is 0 Å². The number of phosphoric acid groups is 2. The highest BCUT2D eigenvalue weighted by Gasteiger charge is 2.30. The number of rotatable bonds is 73. The van der Waals surface area contributed by atoms with E-state index in [1.54, 1.807) is 0 Å². The van der Waals surface area contributed by atoms with E-state index in [0.717, 1.165) is 108 Å². The molecule has 19 heteroatoms. The topological polar surface area (TPSA) is 237 Å². The first-order valence-corrected chi connectivity index (χ1v) is 41.9. The fourth-order valence-corrected chi connectivity index (χ4v) is 13.0. The maximum atomic E-state index is 13.1. The lowest BCUT2D eigenvalue weighted by atomic mass is 10.00. The molecule has 94 heavy (non-hydrogen) atoms. The van der Waals surface area contributed by atoms with Gasteiger partial charge in [-0.05, 0) is 43.4 Å². The summed E-state index contributed by atoms with van der Waals surface area (Å²) in [6.45, 7) is 11.9. The summed E-state index contributed by atoms with van der Waals surface area (Å²) in [6, 6.07) is 0. The molecule has 3 N–H and O–H groups in total. The molecule has 0 aliphatic heterocycles. The van der Waals surface area contributed by atoms with Crippen LogP contribution in [0.15, 0.2) is 0 Å². The van der Waals surface area contributed by atoms with E-state index >= 15 is 0 Å². The molecule has 0 amide bonds. The lowest BCUT2D eigenvalue weighted by molar-refractivity contribution is -0.161. The van der Waals surface area contributed by atoms with Gasteiger partial charge in [-0.3, -0.25) is 37.3 Å². The lowest BCUT2D eigenvalue weighted by Gasteiger charge is -2.21. The molecule has 17 nitrogen and oxygen atoms in total. The summed E-state index contributed by atoms with van der Waals surface area (Å²) < 4.78 is 68.4. The van der Waals surface area contributed by atoms with Crippen molar-refractivity contribution in [3.05, 3.63) is 0 Å². The number of aliphatic hydroxyl groups is 1. The second kappa shape index (κ2) is 65.7. The average Bonchev–Trinajstić information content (AvgIpc) is 1.20. The van der Waals surface area contributed by atoms with E-state index in [4.69, 9.17) is 37.0 Å². The molecule has 3 unspecified atom stereocenters. The Morgan fingerprint density at radius 1 is 0.309 bits per heavy atom. The van der Waals surface area contributed by atoms with E-state index < -0.39 is 97.5 Å². The van der Waals surface area contributed by atoms with Crippen molar-refractivity contribution in [2.75, 3.05) is 39.6 Å². The molecule has 0 radical (unpaired) electrons. The Balaban J connectivity index is 5.23. The summed E-state index contributed by atoms with van der Waals surface area (Å²) in [5.41, 5.74) is 0.